The van der Waals surface area contributed by atoms with E-state index in [1.165, 1.54) is 12.1 Å². The predicted molar refractivity (Wildman–Crippen MR) is 60.5 cm³/mol. The second-order valence-corrected chi connectivity index (χ2v) is 4.03. The summed E-state index contributed by atoms with van der Waals surface area (Å²) in [7, 11) is 0. The van der Waals surface area contributed by atoms with Crippen LogP contribution in [0.3, 0.4) is 0 Å². The number of rotatable bonds is 2. The molecule has 0 unspecified atom stereocenters. The Bertz CT molecular complexity index is 264. The summed E-state index contributed by atoms with van der Waals surface area (Å²) in [5, 5.41) is 5.44. The van der Waals surface area contributed by atoms with Crippen LogP contribution in [0.25, 0.3) is 0 Å². The van der Waals surface area contributed by atoms with Crippen LogP contribution in [-0.2, 0) is 9.53 Å². The Balaban J connectivity index is 2.31. The Morgan fingerprint density at radius 1 is 1.60 bits per heavy atom. The molecule has 0 aliphatic carbocycles. The van der Waals surface area contributed by atoms with E-state index < -0.39 is 5.97 Å². The van der Waals surface area contributed by atoms with Crippen molar-refractivity contribution in [3.8, 4) is 11.8 Å². The molecule has 1 saturated heterocycles. The van der Waals surface area contributed by atoms with Gasteiger partial charge in [0.1, 0.15) is 0 Å². The van der Waals surface area contributed by atoms with E-state index in [0.29, 0.717) is 12.5 Å². The average molecular weight is 228 g/mol. The van der Waals surface area contributed by atoms with Gasteiger partial charge in [-0.05, 0) is 19.8 Å². The first-order chi connectivity index (χ1) is 7.26. The highest BCUT2D eigenvalue weighted by molar-refractivity contribution is 7.94. The van der Waals surface area contributed by atoms with Crippen molar-refractivity contribution in [2.24, 2.45) is 11.1 Å². The molecule has 1 heterocycles. The summed E-state index contributed by atoms with van der Waals surface area (Å²) in [5.41, 5.74) is 0. The highest BCUT2D eigenvalue weighted by atomic mass is 32.2. The van der Waals surface area contributed by atoms with Crippen molar-refractivity contribution in [3.05, 3.63) is 0 Å². The lowest BCUT2D eigenvalue weighted by Gasteiger charge is -2.26. The van der Waals surface area contributed by atoms with Gasteiger partial charge in [-0.15, -0.1) is 0 Å². The van der Waals surface area contributed by atoms with E-state index in [1.54, 1.807) is 6.92 Å². The summed E-state index contributed by atoms with van der Waals surface area (Å²) in [6, 6.07) is 0. The normalized spacial score (nSPS) is 18.0. The van der Waals surface area contributed by atoms with E-state index in [-0.39, 0.29) is 0 Å². The van der Waals surface area contributed by atoms with Gasteiger partial charge in [0.25, 0.3) is 0 Å². The van der Waals surface area contributed by atoms with Crippen LogP contribution in [0.15, 0.2) is 0 Å². The summed E-state index contributed by atoms with van der Waals surface area (Å²) in [6.07, 6.45) is 1.94. The van der Waals surface area contributed by atoms with Gasteiger partial charge in [-0.2, -0.15) is 0 Å². The Morgan fingerprint density at radius 3 is 2.80 bits per heavy atom. The smallest absolute Gasteiger partial charge is 0.384 e. The van der Waals surface area contributed by atoms with Crippen LogP contribution in [0.4, 0.5) is 0 Å². The van der Waals surface area contributed by atoms with Gasteiger partial charge in [0.05, 0.1) is 6.61 Å². The Hall–Kier alpha value is -0.700. The van der Waals surface area contributed by atoms with E-state index in [9.17, 15) is 4.79 Å². The molecule has 0 bridgehead atoms. The summed E-state index contributed by atoms with van der Waals surface area (Å²) in [5.74, 6) is 5.35. The molecule has 1 fully saturated rings. The van der Waals surface area contributed by atoms with E-state index in [0.717, 1.165) is 25.9 Å². The lowest BCUT2D eigenvalue weighted by atomic mass is 9.99. The van der Waals surface area contributed by atoms with Gasteiger partial charge in [0.2, 0.25) is 0 Å². The zero-order valence-corrected chi connectivity index (χ0v) is 9.68. The molecule has 0 radical (unpaired) electrons. The zero-order valence-electron chi connectivity index (χ0n) is 8.86. The molecule has 0 amide bonds. The van der Waals surface area contributed by atoms with Crippen LogP contribution >= 0.6 is 12.1 Å². The van der Waals surface area contributed by atoms with Gasteiger partial charge < -0.3 is 4.74 Å². The molecule has 15 heavy (non-hydrogen) atoms. The molecule has 2 N–H and O–H groups in total. The highest BCUT2D eigenvalue weighted by Gasteiger charge is 2.16. The number of hydrogen-bond acceptors (Lipinski definition) is 5. The standard InChI is InChI=1S/C10H16N2O2S/c1-2-14-10(13)4-3-9-5-7-12(15-11)8-6-9/h9H,2,5-8,11H2,1H3. The van der Waals surface area contributed by atoms with Gasteiger partial charge in [0.15, 0.2) is 0 Å². The lowest BCUT2D eigenvalue weighted by Crippen LogP contribution is -2.29. The van der Waals surface area contributed by atoms with Crippen molar-refractivity contribution < 1.29 is 9.53 Å². The number of nitrogens with zero attached hydrogens (tertiary/aromatic N) is 1. The fourth-order valence-electron chi connectivity index (χ4n) is 1.43. The summed E-state index contributed by atoms with van der Waals surface area (Å²) in [6.45, 7) is 4.03. The Kier molecular flexibility index (Phi) is 5.54. The molecular weight excluding hydrogens is 212 g/mol. The molecule has 0 spiro atoms. The number of carbonyl (C=O) groups excluding carboxylic acids is 1. The first-order valence-corrected chi connectivity index (χ1v) is 5.90. The molecular formula is C10H16N2O2S. The molecule has 5 heteroatoms. The van der Waals surface area contributed by atoms with Crippen LogP contribution < -0.4 is 5.14 Å². The SMILES string of the molecule is CCOC(=O)C#CC1CCN(SN)CC1. The van der Waals surface area contributed by atoms with Crippen molar-refractivity contribution >= 4 is 18.1 Å². The maximum atomic E-state index is 11.0. The van der Waals surface area contributed by atoms with Crippen LogP contribution in [0.2, 0.25) is 0 Å². The molecule has 0 saturated carbocycles. The van der Waals surface area contributed by atoms with E-state index >= 15 is 0 Å². The van der Waals surface area contributed by atoms with Crippen molar-refractivity contribution in [2.45, 2.75) is 19.8 Å². The van der Waals surface area contributed by atoms with Crippen molar-refractivity contribution in [3.63, 3.8) is 0 Å². The van der Waals surface area contributed by atoms with Crippen LogP contribution in [0.1, 0.15) is 19.8 Å². The third-order valence-corrected chi connectivity index (χ3v) is 2.92. The minimum Gasteiger partial charge on any atom is -0.456 e. The van der Waals surface area contributed by atoms with Crippen LogP contribution in [0, 0.1) is 17.8 Å². The van der Waals surface area contributed by atoms with Gasteiger partial charge in [-0.25, -0.2) is 9.10 Å². The van der Waals surface area contributed by atoms with E-state index in [4.69, 9.17) is 9.88 Å². The maximum Gasteiger partial charge on any atom is 0.384 e. The van der Waals surface area contributed by atoms with Gasteiger partial charge in [0, 0.05) is 37.1 Å². The number of nitrogens with two attached hydrogens (primary N) is 1. The average Bonchev–Trinajstić information content (AvgIpc) is 2.27. The molecule has 0 aromatic rings. The fraction of sp³-hybridized carbons (Fsp3) is 0.700. The number of carbonyl (C=O) groups is 1. The fourth-order valence-corrected chi connectivity index (χ4v) is 1.86. The van der Waals surface area contributed by atoms with Gasteiger partial charge in [-0.3, -0.25) is 5.14 Å². The second-order valence-electron chi connectivity index (χ2n) is 3.30. The molecule has 84 valence electrons. The highest BCUT2D eigenvalue weighted by Crippen LogP contribution is 2.19. The number of esters is 1. The Morgan fingerprint density at radius 2 is 2.27 bits per heavy atom. The molecule has 0 aromatic heterocycles. The molecule has 1 aliphatic heterocycles. The third kappa shape index (κ3) is 4.56. The molecule has 1 rings (SSSR count). The maximum absolute atomic E-state index is 11.0. The first-order valence-electron chi connectivity index (χ1n) is 5.06. The van der Waals surface area contributed by atoms with Crippen molar-refractivity contribution in [1.29, 1.82) is 0 Å². The summed E-state index contributed by atoms with van der Waals surface area (Å²) in [4.78, 5) is 11.0. The van der Waals surface area contributed by atoms with Gasteiger partial charge in [-0.1, -0.05) is 5.92 Å². The van der Waals surface area contributed by atoms with E-state index in [2.05, 4.69) is 16.1 Å². The van der Waals surface area contributed by atoms with Gasteiger partial charge >= 0.3 is 5.97 Å². The summed E-state index contributed by atoms with van der Waals surface area (Å²) < 4.78 is 6.83. The quantitative estimate of drug-likeness (QED) is 0.328. The second kappa shape index (κ2) is 6.72. The number of piperidine rings is 1. The Labute approximate surface area is 94.8 Å². The topological polar surface area (TPSA) is 55.6 Å². The summed E-state index contributed by atoms with van der Waals surface area (Å²) >= 11 is 1.27. The largest absolute Gasteiger partial charge is 0.456 e. The van der Waals surface area contributed by atoms with E-state index in [1.807, 2.05) is 0 Å². The minimum absolute atomic E-state index is 0.304. The molecule has 1 aliphatic rings. The molecule has 0 aromatic carbocycles. The first kappa shape index (κ1) is 12.4. The number of hydrogen-bond donors (Lipinski definition) is 1. The monoisotopic (exact) mass is 228 g/mol. The third-order valence-electron chi connectivity index (χ3n) is 2.26. The number of ether oxygens (including phenoxy) is 1. The van der Waals surface area contributed by atoms with Crippen LogP contribution in [-0.4, -0.2) is 30.0 Å². The van der Waals surface area contributed by atoms with Crippen LogP contribution in [0.5, 0.6) is 0 Å². The minimum atomic E-state index is -0.423. The molecule has 4 nitrogen and oxygen atoms in total. The molecule has 0 atom stereocenters. The predicted octanol–water partition coefficient (Wildman–Crippen LogP) is 0.787. The lowest BCUT2D eigenvalue weighted by molar-refractivity contribution is -0.136. The van der Waals surface area contributed by atoms with Crippen molar-refractivity contribution in [1.82, 2.24) is 4.31 Å². The van der Waals surface area contributed by atoms with Crippen molar-refractivity contribution in [2.75, 3.05) is 19.7 Å². The zero-order chi connectivity index (χ0) is 11.1.